The summed E-state index contributed by atoms with van der Waals surface area (Å²) in [5.41, 5.74) is -0.418. The molecule has 0 saturated heterocycles. The number of aliphatic hydroxyl groups excluding tert-OH is 1. The normalized spacial score (nSPS) is 41.8. The number of nitrogens with zero attached hydrogens (tertiary/aromatic N) is 1. The van der Waals surface area contributed by atoms with Gasteiger partial charge >= 0.3 is 5.97 Å². The van der Waals surface area contributed by atoms with Crippen LogP contribution in [0.3, 0.4) is 0 Å². The summed E-state index contributed by atoms with van der Waals surface area (Å²) in [6, 6.07) is 0. The Kier molecular flexibility index (Phi) is 6.70. The second-order valence-corrected chi connectivity index (χ2v) is 13.1. The number of aliphatic hydroxyl groups is 1. The molecule has 0 aromatic carbocycles. The van der Waals surface area contributed by atoms with E-state index in [4.69, 9.17) is 9.15 Å². The number of nitrogens with one attached hydrogen (secondary N) is 1. The van der Waals surface area contributed by atoms with Gasteiger partial charge in [0.15, 0.2) is 0 Å². The van der Waals surface area contributed by atoms with E-state index in [2.05, 4.69) is 37.7 Å². The molecule has 0 amide bonds. The SMILES string of the molecule is C=C[C@]1(C)C[C@@H](OC(=O)CSCc2nc3c(o2)CNC3)[C@]2(C)[C@H](C)CC[C@]3(CCC(=O)[C@H]32)[C@@H](C)[C@@H]1O. The van der Waals surface area contributed by atoms with Crippen LogP contribution >= 0.6 is 11.8 Å². The van der Waals surface area contributed by atoms with Crippen molar-refractivity contribution in [2.24, 2.45) is 34.0 Å². The number of hydrogen-bond donors (Lipinski definition) is 2. The summed E-state index contributed by atoms with van der Waals surface area (Å²) < 4.78 is 12.1. The van der Waals surface area contributed by atoms with Gasteiger partial charge in [-0.25, -0.2) is 4.98 Å². The van der Waals surface area contributed by atoms with Crippen molar-refractivity contribution in [1.29, 1.82) is 0 Å². The molecule has 1 aromatic rings. The highest BCUT2D eigenvalue weighted by atomic mass is 32.2. The van der Waals surface area contributed by atoms with Crippen molar-refractivity contribution in [2.75, 3.05) is 5.75 Å². The van der Waals surface area contributed by atoms with Gasteiger partial charge in [-0.15, -0.1) is 18.3 Å². The number of rotatable bonds is 6. The smallest absolute Gasteiger partial charge is 0.316 e. The Bertz CT molecular complexity index is 1040. The third-order valence-electron chi connectivity index (χ3n) is 10.4. The topological polar surface area (TPSA) is 102 Å². The van der Waals surface area contributed by atoms with Gasteiger partial charge in [0.2, 0.25) is 5.89 Å². The lowest BCUT2D eigenvalue weighted by molar-refractivity contribution is -0.205. The molecule has 2 bridgehead atoms. The van der Waals surface area contributed by atoms with E-state index in [1.807, 2.05) is 13.0 Å². The van der Waals surface area contributed by atoms with Gasteiger partial charge in [0.25, 0.3) is 0 Å². The van der Waals surface area contributed by atoms with Crippen molar-refractivity contribution in [3.05, 3.63) is 30.0 Å². The molecule has 0 radical (unpaired) electrons. The van der Waals surface area contributed by atoms with Crippen LogP contribution < -0.4 is 5.32 Å². The van der Waals surface area contributed by atoms with Gasteiger partial charge < -0.3 is 19.6 Å². The van der Waals surface area contributed by atoms with Crippen LogP contribution in [-0.2, 0) is 33.2 Å². The quantitative estimate of drug-likeness (QED) is 0.423. The lowest BCUT2D eigenvalue weighted by atomic mass is 9.44. The maximum atomic E-state index is 13.5. The van der Waals surface area contributed by atoms with Crippen molar-refractivity contribution in [1.82, 2.24) is 10.3 Å². The van der Waals surface area contributed by atoms with E-state index >= 15 is 0 Å². The number of fused-ring (bicyclic) bond motifs is 1. The number of Topliss-reactive ketones (excluding diaryl/α,β-unsaturated/α-hetero) is 1. The lowest BCUT2D eigenvalue weighted by Crippen LogP contribution is -2.63. The number of ether oxygens (including phenoxy) is 1. The molecule has 1 aromatic heterocycles. The van der Waals surface area contributed by atoms with Crippen LogP contribution in [0.2, 0.25) is 0 Å². The van der Waals surface area contributed by atoms with Crippen LogP contribution in [0.5, 0.6) is 0 Å². The summed E-state index contributed by atoms with van der Waals surface area (Å²) >= 11 is 1.43. The van der Waals surface area contributed by atoms with E-state index < -0.39 is 23.0 Å². The molecule has 198 valence electrons. The zero-order chi connectivity index (χ0) is 25.9. The molecule has 2 heterocycles. The van der Waals surface area contributed by atoms with Gasteiger partial charge in [0.05, 0.1) is 29.8 Å². The summed E-state index contributed by atoms with van der Waals surface area (Å²) in [6.45, 7) is 14.0. The molecule has 3 fully saturated rings. The second-order valence-electron chi connectivity index (χ2n) is 12.1. The van der Waals surface area contributed by atoms with Crippen LogP contribution in [0.4, 0.5) is 0 Å². The number of carbonyl (C=O) groups excluding carboxylic acids is 2. The summed E-state index contributed by atoms with van der Waals surface area (Å²) in [5, 5.41) is 14.8. The number of oxazole rings is 1. The van der Waals surface area contributed by atoms with E-state index in [1.165, 1.54) is 11.8 Å². The number of aromatic nitrogens is 1. The molecule has 2 N–H and O–H groups in total. The van der Waals surface area contributed by atoms with Gasteiger partial charge in [-0.05, 0) is 42.9 Å². The predicted molar refractivity (Wildman–Crippen MR) is 138 cm³/mol. The number of hydrogen-bond acceptors (Lipinski definition) is 8. The molecule has 5 rings (SSSR count). The zero-order valence-corrected chi connectivity index (χ0v) is 22.8. The highest BCUT2D eigenvalue weighted by molar-refractivity contribution is 7.99. The highest BCUT2D eigenvalue weighted by Crippen LogP contribution is 2.68. The predicted octanol–water partition coefficient (Wildman–Crippen LogP) is 4.42. The monoisotopic (exact) mass is 516 g/mol. The Hall–Kier alpha value is -1.64. The molecule has 8 atom stereocenters. The van der Waals surface area contributed by atoms with Gasteiger partial charge in [-0.1, -0.05) is 33.8 Å². The van der Waals surface area contributed by atoms with Crippen LogP contribution in [0, 0.1) is 34.0 Å². The third kappa shape index (κ3) is 3.90. The van der Waals surface area contributed by atoms with Crippen molar-refractivity contribution in [3.8, 4) is 0 Å². The highest BCUT2D eigenvalue weighted by Gasteiger charge is 2.68. The van der Waals surface area contributed by atoms with E-state index in [-0.39, 0.29) is 40.7 Å². The molecule has 3 saturated carbocycles. The van der Waals surface area contributed by atoms with E-state index in [0.717, 1.165) is 37.3 Å². The maximum absolute atomic E-state index is 13.5. The van der Waals surface area contributed by atoms with Gasteiger partial charge in [-0.2, -0.15) is 0 Å². The number of carbonyl (C=O) groups is 2. The standard InChI is InChI=1S/C28H40N2O5S/c1-6-26(4)11-21(35-23(32)15-36-14-22-30-18-12-29-13-20(18)34-22)27(5)16(2)7-9-28(17(3)25(26)33)10-8-19(31)24(27)28/h6,16-17,21,24-25,29,33H,1,7-15H2,2-5H3/t16-,17+,21-,24+,25+,26-,27+,28+/m1/s1. The second kappa shape index (κ2) is 9.28. The average Bonchev–Trinajstić information content (AvgIpc) is 3.54. The molecular weight excluding hydrogens is 476 g/mol. The minimum Gasteiger partial charge on any atom is -0.461 e. The van der Waals surface area contributed by atoms with Crippen molar-refractivity contribution >= 4 is 23.5 Å². The van der Waals surface area contributed by atoms with Crippen LogP contribution in [0.1, 0.15) is 77.1 Å². The Morgan fingerprint density at radius 3 is 2.83 bits per heavy atom. The molecule has 7 nitrogen and oxygen atoms in total. The summed E-state index contributed by atoms with van der Waals surface area (Å²) in [4.78, 5) is 31.2. The fraction of sp³-hybridized carbons (Fsp3) is 0.750. The number of esters is 1. The van der Waals surface area contributed by atoms with Crippen molar-refractivity contribution < 1.29 is 23.8 Å². The van der Waals surface area contributed by atoms with Crippen LogP contribution in [-0.4, -0.2) is 39.8 Å². The lowest BCUT2D eigenvalue weighted by Gasteiger charge is -2.61. The number of thioether (sulfide) groups is 1. The maximum Gasteiger partial charge on any atom is 0.316 e. The van der Waals surface area contributed by atoms with Crippen molar-refractivity contribution in [3.63, 3.8) is 0 Å². The third-order valence-corrected chi connectivity index (χ3v) is 11.3. The first-order valence-corrected chi connectivity index (χ1v) is 14.5. The Morgan fingerprint density at radius 1 is 1.33 bits per heavy atom. The fourth-order valence-electron chi connectivity index (χ4n) is 7.98. The first-order chi connectivity index (χ1) is 17.0. The van der Waals surface area contributed by atoms with Gasteiger partial charge in [0.1, 0.15) is 17.6 Å². The minimum atomic E-state index is -0.654. The molecule has 0 unspecified atom stereocenters. The molecule has 3 aliphatic carbocycles. The van der Waals surface area contributed by atoms with Crippen LogP contribution in [0.25, 0.3) is 0 Å². The average molecular weight is 517 g/mol. The first kappa shape index (κ1) is 26.0. The zero-order valence-electron chi connectivity index (χ0n) is 22.0. The Labute approximate surface area is 218 Å². The number of ketones is 1. The molecule has 8 heteroatoms. The van der Waals surface area contributed by atoms with Crippen LogP contribution in [0.15, 0.2) is 17.1 Å². The summed E-state index contributed by atoms with van der Waals surface area (Å²) in [6.07, 6.45) is 4.40. The van der Waals surface area contributed by atoms with Gasteiger partial charge in [0, 0.05) is 29.7 Å². The minimum absolute atomic E-state index is 0.0337. The van der Waals surface area contributed by atoms with Crippen molar-refractivity contribution in [2.45, 2.75) is 90.8 Å². The van der Waals surface area contributed by atoms with Gasteiger partial charge in [-0.3, -0.25) is 9.59 Å². The Morgan fingerprint density at radius 2 is 2.11 bits per heavy atom. The molecule has 36 heavy (non-hydrogen) atoms. The fourth-order valence-corrected chi connectivity index (χ4v) is 8.62. The molecule has 1 aliphatic heterocycles. The molecule has 0 spiro atoms. The van der Waals surface area contributed by atoms with E-state index in [0.29, 0.717) is 31.0 Å². The Balaban J connectivity index is 1.38. The largest absolute Gasteiger partial charge is 0.461 e. The first-order valence-electron chi connectivity index (χ1n) is 13.3. The van der Waals surface area contributed by atoms with E-state index in [1.54, 1.807) is 0 Å². The molecule has 4 aliphatic rings. The summed E-state index contributed by atoms with van der Waals surface area (Å²) in [7, 11) is 0. The molecular formula is C28H40N2O5S. The summed E-state index contributed by atoms with van der Waals surface area (Å²) in [5.74, 6) is 2.16. The van der Waals surface area contributed by atoms with E-state index in [9.17, 15) is 14.7 Å².